The summed E-state index contributed by atoms with van der Waals surface area (Å²) in [7, 11) is 0. The van der Waals surface area contributed by atoms with Gasteiger partial charge >= 0.3 is 0 Å². The van der Waals surface area contributed by atoms with Crippen molar-refractivity contribution in [3.8, 4) is 0 Å². The summed E-state index contributed by atoms with van der Waals surface area (Å²) in [6.07, 6.45) is 63.6. The van der Waals surface area contributed by atoms with E-state index in [1.54, 1.807) is 0 Å². The van der Waals surface area contributed by atoms with Crippen molar-refractivity contribution in [2.45, 2.75) is 324 Å². The summed E-state index contributed by atoms with van der Waals surface area (Å²) in [6, 6.07) is 14.4. The van der Waals surface area contributed by atoms with Gasteiger partial charge in [0.1, 0.15) is 0 Å². The zero-order chi connectivity index (χ0) is 48.8. The van der Waals surface area contributed by atoms with Gasteiger partial charge in [-0.2, -0.15) is 0 Å². The zero-order valence-electron chi connectivity index (χ0n) is 46.9. The minimum atomic E-state index is 0. The van der Waals surface area contributed by atoms with Gasteiger partial charge in [-0.1, -0.05) is 265 Å². The van der Waals surface area contributed by atoms with E-state index in [2.05, 4.69) is 90.1 Å². The van der Waals surface area contributed by atoms with Crippen LogP contribution in [0.5, 0.6) is 0 Å². The Morgan fingerprint density at radius 2 is 0.594 bits per heavy atom. The van der Waals surface area contributed by atoms with Crippen molar-refractivity contribution in [2.24, 2.45) is 9.98 Å². The van der Waals surface area contributed by atoms with Crippen LogP contribution in [0.1, 0.15) is 321 Å². The molecular weight excluding hydrogens is 879 g/mol. The predicted molar refractivity (Wildman–Crippen MR) is 310 cm³/mol. The first kappa shape index (κ1) is 65.0. The molecule has 2 aromatic carbocycles. The largest absolute Gasteiger partial charge is 0.251 e. The van der Waals surface area contributed by atoms with Crippen molar-refractivity contribution in [3.05, 3.63) is 70.8 Å². The number of nitrogens with zero attached hydrogens (tertiary/aromatic N) is 2. The molecule has 0 saturated carbocycles. The Kier molecular flexibility index (Phi) is 45.5. The van der Waals surface area contributed by atoms with E-state index in [1.807, 2.05) is 0 Å². The van der Waals surface area contributed by atoms with Gasteiger partial charge in [0.2, 0.25) is 0 Å². The van der Waals surface area contributed by atoms with Gasteiger partial charge in [0.15, 0.2) is 0 Å². The molecule has 0 radical (unpaired) electrons. The van der Waals surface area contributed by atoms with Crippen LogP contribution in [0.2, 0.25) is 0 Å². The SMILES string of the molecule is CCCCCCCCCCCCCCCCCCCCCCCCCCCC/C=C/C(=Nc1cc(CCCC)cc(CCCC)c1)C(CCCCCC)=Nc1cc(CCCC)cc(CCCC)c1.[Ni]. The third-order valence-electron chi connectivity index (χ3n) is 14.4. The van der Waals surface area contributed by atoms with Crippen LogP contribution in [0.15, 0.2) is 58.5 Å². The number of allylic oxidation sites excluding steroid dienone is 2. The molecule has 398 valence electrons. The number of hydrogen-bond acceptors (Lipinski definition) is 2. The van der Waals surface area contributed by atoms with E-state index in [0.29, 0.717) is 0 Å². The summed E-state index contributed by atoms with van der Waals surface area (Å²) in [5, 5.41) is 0. The van der Waals surface area contributed by atoms with Crippen LogP contribution in [-0.4, -0.2) is 11.4 Å². The van der Waals surface area contributed by atoms with E-state index in [4.69, 9.17) is 9.98 Å². The average Bonchev–Trinajstić information content (AvgIpc) is 3.35. The first-order chi connectivity index (χ1) is 33.6. The van der Waals surface area contributed by atoms with Crippen molar-refractivity contribution >= 4 is 22.8 Å². The van der Waals surface area contributed by atoms with Gasteiger partial charge in [-0.05, 0) is 130 Å². The summed E-state index contributed by atoms with van der Waals surface area (Å²) in [5.74, 6) is 0. The molecule has 0 spiro atoms. The number of rotatable bonds is 48. The fraction of sp³-hybridized carbons (Fsp3) is 0.758. The van der Waals surface area contributed by atoms with Crippen molar-refractivity contribution in [1.82, 2.24) is 0 Å². The molecule has 2 nitrogen and oxygen atoms in total. The van der Waals surface area contributed by atoms with E-state index in [0.717, 1.165) is 62.0 Å². The molecule has 0 aromatic heterocycles. The maximum Gasteiger partial charge on any atom is 0.0848 e. The molecule has 0 N–H and O–H groups in total. The molecule has 3 heteroatoms. The van der Waals surface area contributed by atoms with Crippen LogP contribution in [-0.2, 0) is 42.2 Å². The van der Waals surface area contributed by atoms with Gasteiger partial charge < -0.3 is 0 Å². The molecule has 0 atom stereocenters. The van der Waals surface area contributed by atoms with Gasteiger partial charge in [-0.3, -0.25) is 4.99 Å². The molecule has 0 unspecified atom stereocenters. The van der Waals surface area contributed by atoms with Gasteiger partial charge in [0.25, 0.3) is 0 Å². The standard InChI is InChI=1S/C66H114N2.Ni/c1-7-13-19-21-22-23-24-25-26-27-28-29-30-31-32-33-34-35-36-37-38-39-40-41-42-43-44-46-52-66(68-64-57-61(49-17-11-5)54-62(58-64)50-18-12-6)65(51-45-20-14-8-2)67-63-55-59(47-15-9-3)53-60(56-63)48-16-10-4;/h46,52-58H,7-45,47-51H2,1-6H3;/b52-46+,67-65?,68-66?;. The number of aliphatic imine (C=N–C) groups is 2. The van der Waals surface area contributed by atoms with E-state index in [-0.39, 0.29) is 16.5 Å². The second-order valence-electron chi connectivity index (χ2n) is 21.3. The fourth-order valence-corrected chi connectivity index (χ4v) is 9.94. The molecule has 2 aromatic rings. The number of unbranched alkanes of at least 4 members (excludes halogenated alkanes) is 33. The topological polar surface area (TPSA) is 24.7 Å². The van der Waals surface area contributed by atoms with Gasteiger partial charge in [0, 0.05) is 16.5 Å². The van der Waals surface area contributed by atoms with Crippen molar-refractivity contribution < 1.29 is 16.5 Å². The molecular formula is C66H114N2Ni. The predicted octanol–water partition coefficient (Wildman–Crippen LogP) is 23.0. The fourth-order valence-electron chi connectivity index (χ4n) is 9.94. The Morgan fingerprint density at radius 3 is 0.913 bits per heavy atom. The molecule has 0 heterocycles. The van der Waals surface area contributed by atoms with Crippen LogP contribution in [0.3, 0.4) is 0 Å². The van der Waals surface area contributed by atoms with Gasteiger partial charge in [0.05, 0.1) is 22.8 Å². The van der Waals surface area contributed by atoms with Crippen LogP contribution < -0.4 is 0 Å². The quantitative estimate of drug-likeness (QED) is 0.0359. The van der Waals surface area contributed by atoms with E-state index >= 15 is 0 Å². The Morgan fingerprint density at radius 1 is 0.319 bits per heavy atom. The zero-order valence-corrected chi connectivity index (χ0v) is 47.9. The second kappa shape index (κ2) is 48.3. The molecule has 69 heavy (non-hydrogen) atoms. The van der Waals surface area contributed by atoms with Crippen molar-refractivity contribution in [3.63, 3.8) is 0 Å². The minimum Gasteiger partial charge on any atom is -0.251 e. The summed E-state index contributed by atoms with van der Waals surface area (Å²) in [6.45, 7) is 13.8. The van der Waals surface area contributed by atoms with Crippen molar-refractivity contribution in [1.29, 1.82) is 0 Å². The molecule has 0 aliphatic rings. The minimum absolute atomic E-state index is 0. The normalized spacial score (nSPS) is 12.1. The van der Waals surface area contributed by atoms with Crippen LogP contribution in [0, 0.1) is 0 Å². The molecule has 0 saturated heterocycles. The molecule has 0 amide bonds. The summed E-state index contributed by atoms with van der Waals surface area (Å²) < 4.78 is 0. The summed E-state index contributed by atoms with van der Waals surface area (Å²) in [4.78, 5) is 11.2. The van der Waals surface area contributed by atoms with Crippen molar-refractivity contribution in [2.75, 3.05) is 0 Å². The van der Waals surface area contributed by atoms with Gasteiger partial charge in [-0.25, -0.2) is 4.99 Å². The smallest absolute Gasteiger partial charge is 0.0848 e. The molecule has 2 rings (SSSR count). The Balaban J connectivity index is 0.0000238. The van der Waals surface area contributed by atoms with Crippen LogP contribution in [0.25, 0.3) is 0 Å². The molecule has 0 aliphatic heterocycles. The summed E-state index contributed by atoms with van der Waals surface area (Å²) in [5.41, 5.74) is 10.3. The maximum absolute atomic E-state index is 5.59. The second-order valence-corrected chi connectivity index (χ2v) is 21.3. The number of benzene rings is 2. The van der Waals surface area contributed by atoms with Crippen LogP contribution in [0.4, 0.5) is 11.4 Å². The third kappa shape index (κ3) is 36.6. The molecule has 0 bridgehead atoms. The molecule has 0 fully saturated rings. The first-order valence-electron chi connectivity index (χ1n) is 30.6. The average molecular weight is 994 g/mol. The first-order valence-corrected chi connectivity index (χ1v) is 30.6. The Bertz CT molecular complexity index is 1480. The monoisotopic (exact) mass is 993 g/mol. The maximum atomic E-state index is 5.59. The van der Waals surface area contributed by atoms with E-state index < -0.39 is 0 Å². The number of hydrogen-bond donors (Lipinski definition) is 0. The Hall–Kier alpha value is -1.99. The third-order valence-corrected chi connectivity index (χ3v) is 14.4. The van der Waals surface area contributed by atoms with E-state index in [1.165, 1.54) is 266 Å². The number of aryl methyl sites for hydroxylation is 4. The molecule has 0 aliphatic carbocycles. The summed E-state index contributed by atoms with van der Waals surface area (Å²) >= 11 is 0. The Labute approximate surface area is 441 Å². The van der Waals surface area contributed by atoms with Crippen LogP contribution >= 0.6 is 0 Å². The van der Waals surface area contributed by atoms with Gasteiger partial charge in [-0.15, -0.1) is 0 Å². The van der Waals surface area contributed by atoms with E-state index in [9.17, 15) is 0 Å².